The SMILES string of the molecule is CC1=CCCC(c2n[nH]c(=O)o2)CC1. The molecule has 1 aromatic heterocycles. The number of aromatic amines is 1. The Morgan fingerprint density at radius 2 is 2.43 bits per heavy atom. The molecule has 1 heterocycles. The first kappa shape index (κ1) is 9.24. The zero-order valence-corrected chi connectivity index (χ0v) is 8.25. The average Bonchev–Trinajstić information content (AvgIpc) is 2.46. The van der Waals surface area contributed by atoms with Gasteiger partial charge in [-0.15, -0.1) is 5.10 Å². The van der Waals surface area contributed by atoms with Gasteiger partial charge in [0, 0.05) is 5.92 Å². The van der Waals surface area contributed by atoms with Crippen molar-refractivity contribution >= 4 is 0 Å². The summed E-state index contributed by atoms with van der Waals surface area (Å²) in [6, 6.07) is 0. The van der Waals surface area contributed by atoms with E-state index in [2.05, 4.69) is 23.2 Å². The van der Waals surface area contributed by atoms with Crippen molar-refractivity contribution < 1.29 is 4.42 Å². The lowest BCUT2D eigenvalue weighted by Crippen LogP contribution is -1.98. The number of hydrogen-bond donors (Lipinski definition) is 1. The van der Waals surface area contributed by atoms with Crippen LogP contribution in [-0.2, 0) is 0 Å². The Balaban J connectivity index is 2.10. The number of nitrogens with zero attached hydrogens (tertiary/aromatic N) is 1. The second kappa shape index (κ2) is 3.82. The van der Waals surface area contributed by atoms with E-state index in [-0.39, 0.29) is 0 Å². The van der Waals surface area contributed by atoms with Crippen LogP contribution in [0.3, 0.4) is 0 Å². The number of allylic oxidation sites excluding steroid dienone is 2. The van der Waals surface area contributed by atoms with Gasteiger partial charge in [-0.3, -0.25) is 0 Å². The molecule has 0 spiro atoms. The van der Waals surface area contributed by atoms with Gasteiger partial charge in [-0.25, -0.2) is 9.89 Å². The van der Waals surface area contributed by atoms with Crippen LogP contribution in [0.5, 0.6) is 0 Å². The molecule has 0 fully saturated rings. The van der Waals surface area contributed by atoms with Crippen LogP contribution < -0.4 is 5.76 Å². The van der Waals surface area contributed by atoms with E-state index in [4.69, 9.17) is 4.42 Å². The molecule has 1 atom stereocenters. The van der Waals surface area contributed by atoms with Gasteiger partial charge in [0.05, 0.1) is 0 Å². The Morgan fingerprint density at radius 1 is 1.57 bits per heavy atom. The lowest BCUT2D eigenvalue weighted by Gasteiger charge is -2.07. The monoisotopic (exact) mass is 194 g/mol. The highest BCUT2D eigenvalue weighted by molar-refractivity contribution is 5.04. The van der Waals surface area contributed by atoms with Crippen LogP contribution in [0.2, 0.25) is 0 Å². The molecule has 76 valence electrons. The molecular weight excluding hydrogens is 180 g/mol. The normalized spacial score (nSPS) is 22.9. The Bertz CT molecular complexity index is 389. The summed E-state index contributed by atoms with van der Waals surface area (Å²) in [4.78, 5) is 10.8. The average molecular weight is 194 g/mol. The van der Waals surface area contributed by atoms with Crippen LogP contribution in [0, 0.1) is 0 Å². The molecule has 0 saturated heterocycles. The molecule has 4 heteroatoms. The smallest absolute Gasteiger partial charge is 0.392 e. The maximum atomic E-state index is 10.8. The summed E-state index contributed by atoms with van der Waals surface area (Å²) in [6.07, 6.45) is 6.42. The van der Waals surface area contributed by atoms with Gasteiger partial charge in [0.25, 0.3) is 0 Å². The van der Waals surface area contributed by atoms with Crippen molar-refractivity contribution in [3.63, 3.8) is 0 Å². The van der Waals surface area contributed by atoms with Gasteiger partial charge < -0.3 is 4.42 Å². The molecule has 1 N–H and O–H groups in total. The van der Waals surface area contributed by atoms with Crippen molar-refractivity contribution in [1.82, 2.24) is 10.2 Å². The molecule has 4 nitrogen and oxygen atoms in total. The van der Waals surface area contributed by atoms with E-state index in [1.54, 1.807) is 0 Å². The Kier molecular flexibility index (Phi) is 2.52. The van der Waals surface area contributed by atoms with E-state index in [1.165, 1.54) is 5.57 Å². The highest BCUT2D eigenvalue weighted by atomic mass is 16.4. The number of aromatic nitrogens is 2. The van der Waals surface area contributed by atoms with Gasteiger partial charge in [0.2, 0.25) is 5.89 Å². The Morgan fingerprint density at radius 3 is 3.14 bits per heavy atom. The van der Waals surface area contributed by atoms with E-state index in [0.717, 1.165) is 25.7 Å². The second-order valence-electron chi connectivity index (χ2n) is 3.81. The molecule has 2 rings (SSSR count). The predicted octanol–water partition coefficient (Wildman–Crippen LogP) is 1.97. The predicted molar refractivity (Wildman–Crippen MR) is 52.1 cm³/mol. The van der Waals surface area contributed by atoms with Gasteiger partial charge in [-0.2, -0.15) is 0 Å². The van der Waals surface area contributed by atoms with E-state index >= 15 is 0 Å². The summed E-state index contributed by atoms with van der Waals surface area (Å²) in [6.45, 7) is 2.14. The zero-order valence-electron chi connectivity index (χ0n) is 8.25. The topological polar surface area (TPSA) is 58.9 Å². The Hall–Kier alpha value is -1.32. The molecule has 1 unspecified atom stereocenters. The molecule has 0 radical (unpaired) electrons. The molecule has 1 aliphatic rings. The van der Waals surface area contributed by atoms with E-state index in [0.29, 0.717) is 11.8 Å². The van der Waals surface area contributed by atoms with Gasteiger partial charge in [0.1, 0.15) is 0 Å². The second-order valence-corrected chi connectivity index (χ2v) is 3.81. The molecule has 1 aromatic rings. The number of nitrogens with one attached hydrogen (secondary N) is 1. The third kappa shape index (κ3) is 1.95. The van der Waals surface area contributed by atoms with Gasteiger partial charge in [-0.1, -0.05) is 11.6 Å². The number of hydrogen-bond acceptors (Lipinski definition) is 3. The quantitative estimate of drug-likeness (QED) is 0.695. The summed E-state index contributed by atoms with van der Waals surface area (Å²) >= 11 is 0. The molecule has 0 saturated carbocycles. The molecule has 1 aliphatic carbocycles. The minimum atomic E-state index is -0.450. The fraction of sp³-hybridized carbons (Fsp3) is 0.600. The standard InChI is InChI=1S/C10H14N2O2/c1-7-3-2-4-8(6-5-7)9-11-12-10(13)14-9/h3,8H,2,4-6H2,1H3,(H,12,13). The maximum Gasteiger partial charge on any atom is 0.434 e. The minimum Gasteiger partial charge on any atom is -0.392 e. The van der Waals surface area contributed by atoms with Crippen LogP contribution in [0.25, 0.3) is 0 Å². The third-order valence-electron chi connectivity index (χ3n) is 2.70. The molecule has 0 aliphatic heterocycles. The van der Waals surface area contributed by atoms with Crippen LogP contribution in [0.15, 0.2) is 20.9 Å². The summed E-state index contributed by atoms with van der Waals surface area (Å²) in [7, 11) is 0. The van der Waals surface area contributed by atoms with E-state index in [9.17, 15) is 4.79 Å². The lowest BCUT2D eigenvalue weighted by atomic mass is 9.99. The highest BCUT2D eigenvalue weighted by Crippen LogP contribution is 2.29. The van der Waals surface area contributed by atoms with Gasteiger partial charge in [-0.05, 0) is 32.6 Å². The van der Waals surface area contributed by atoms with Crippen molar-refractivity contribution in [1.29, 1.82) is 0 Å². The zero-order chi connectivity index (χ0) is 9.97. The summed E-state index contributed by atoms with van der Waals surface area (Å²) in [5.41, 5.74) is 1.42. The van der Waals surface area contributed by atoms with Crippen molar-refractivity contribution in [3.8, 4) is 0 Å². The summed E-state index contributed by atoms with van der Waals surface area (Å²) in [5, 5.41) is 6.19. The maximum absolute atomic E-state index is 10.8. The first-order valence-electron chi connectivity index (χ1n) is 4.97. The van der Waals surface area contributed by atoms with Crippen molar-refractivity contribution in [3.05, 3.63) is 28.1 Å². The fourth-order valence-corrected chi connectivity index (χ4v) is 1.84. The summed E-state index contributed by atoms with van der Waals surface area (Å²) < 4.78 is 4.97. The van der Waals surface area contributed by atoms with Crippen molar-refractivity contribution in [2.45, 2.75) is 38.5 Å². The minimum absolute atomic E-state index is 0.294. The fourth-order valence-electron chi connectivity index (χ4n) is 1.84. The molecular formula is C10H14N2O2. The number of rotatable bonds is 1. The van der Waals surface area contributed by atoms with E-state index in [1.807, 2.05) is 0 Å². The molecule has 0 amide bonds. The molecule has 0 bridgehead atoms. The third-order valence-corrected chi connectivity index (χ3v) is 2.70. The van der Waals surface area contributed by atoms with Crippen LogP contribution in [-0.4, -0.2) is 10.2 Å². The lowest BCUT2D eigenvalue weighted by molar-refractivity contribution is 0.402. The Labute approximate surface area is 82.0 Å². The van der Waals surface area contributed by atoms with Crippen molar-refractivity contribution in [2.75, 3.05) is 0 Å². The van der Waals surface area contributed by atoms with Gasteiger partial charge in [0.15, 0.2) is 0 Å². The first-order valence-corrected chi connectivity index (χ1v) is 4.97. The van der Waals surface area contributed by atoms with E-state index < -0.39 is 5.76 Å². The van der Waals surface area contributed by atoms with Crippen LogP contribution in [0.1, 0.15) is 44.4 Å². The number of H-pyrrole nitrogens is 1. The van der Waals surface area contributed by atoms with Crippen LogP contribution in [0.4, 0.5) is 0 Å². The van der Waals surface area contributed by atoms with Crippen molar-refractivity contribution in [2.24, 2.45) is 0 Å². The molecule has 14 heavy (non-hydrogen) atoms. The summed E-state index contributed by atoms with van der Waals surface area (Å²) in [5.74, 6) is 0.412. The van der Waals surface area contributed by atoms with Gasteiger partial charge >= 0.3 is 5.76 Å². The molecule has 0 aromatic carbocycles. The highest BCUT2D eigenvalue weighted by Gasteiger charge is 2.18. The largest absolute Gasteiger partial charge is 0.434 e. The first-order chi connectivity index (χ1) is 6.75. The van der Waals surface area contributed by atoms with Crippen LogP contribution >= 0.6 is 0 Å².